The minimum atomic E-state index is -0.828. The Labute approximate surface area is 106 Å². The number of ether oxygens (including phenoxy) is 1. The predicted molar refractivity (Wildman–Crippen MR) is 63.9 cm³/mol. The molecule has 2 heterocycles. The molecule has 18 heavy (non-hydrogen) atoms. The Morgan fingerprint density at radius 3 is 3.22 bits per heavy atom. The molecule has 1 saturated heterocycles. The first-order chi connectivity index (χ1) is 8.66. The zero-order chi connectivity index (χ0) is 13.0. The smallest absolute Gasteiger partial charge is 0.250 e. The zero-order valence-corrected chi connectivity index (χ0v) is 10.3. The van der Waals surface area contributed by atoms with Crippen molar-refractivity contribution in [2.75, 3.05) is 33.3 Å². The summed E-state index contributed by atoms with van der Waals surface area (Å²) in [5.74, 6) is 0.240. The van der Waals surface area contributed by atoms with E-state index >= 15 is 0 Å². The van der Waals surface area contributed by atoms with Crippen molar-refractivity contribution in [2.45, 2.75) is 12.2 Å². The van der Waals surface area contributed by atoms with Crippen molar-refractivity contribution in [1.82, 2.24) is 10.2 Å². The molecule has 0 aliphatic carbocycles. The Morgan fingerprint density at radius 1 is 1.72 bits per heavy atom. The van der Waals surface area contributed by atoms with Gasteiger partial charge < -0.3 is 24.5 Å². The van der Waals surface area contributed by atoms with Gasteiger partial charge in [0.2, 0.25) is 0 Å². The molecule has 1 aliphatic heterocycles. The number of nitrogens with one attached hydrogen (secondary N) is 1. The van der Waals surface area contributed by atoms with Crippen LogP contribution in [0.3, 0.4) is 0 Å². The van der Waals surface area contributed by atoms with Gasteiger partial charge in [-0.1, -0.05) is 0 Å². The second-order valence-corrected chi connectivity index (χ2v) is 4.40. The minimum Gasteiger partial charge on any atom is -0.467 e. The van der Waals surface area contributed by atoms with Crippen molar-refractivity contribution < 1.29 is 19.1 Å². The van der Waals surface area contributed by atoms with Crippen LogP contribution in [0.2, 0.25) is 0 Å². The second-order valence-electron chi connectivity index (χ2n) is 4.40. The van der Waals surface area contributed by atoms with Gasteiger partial charge in [0.1, 0.15) is 18.0 Å². The number of aliphatic hydroxyl groups excluding tert-OH is 1. The van der Waals surface area contributed by atoms with E-state index in [4.69, 9.17) is 9.15 Å². The van der Waals surface area contributed by atoms with Crippen molar-refractivity contribution in [1.29, 1.82) is 0 Å². The normalized spacial score (nSPS) is 22.7. The number of carbonyl (C=O) groups excluding carboxylic acids is 1. The fourth-order valence-corrected chi connectivity index (χ4v) is 1.83. The highest BCUT2D eigenvalue weighted by atomic mass is 16.5. The van der Waals surface area contributed by atoms with Crippen molar-refractivity contribution in [3.63, 3.8) is 0 Å². The lowest BCUT2D eigenvalue weighted by Crippen LogP contribution is -2.49. The van der Waals surface area contributed by atoms with E-state index in [2.05, 4.69) is 5.32 Å². The molecule has 1 aromatic heterocycles. The molecule has 1 aliphatic rings. The minimum absolute atomic E-state index is 0.121. The third-order valence-corrected chi connectivity index (χ3v) is 2.90. The van der Waals surface area contributed by atoms with Gasteiger partial charge in [-0.25, -0.2) is 0 Å². The molecule has 0 radical (unpaired) electrons. The highest BCUT2D eigenvalue weighted by Gasteiger charge is 2.25. The molecule has 100 valence electrons. The Morgan fingerprint density at radius 2 is 2.56 bits per heavy atom. The molecule has 0 spiro atoms. The number of aliphatic hydroxyl groups is 1. The number of rotatable bonds is 4. The van der Waals surface area contributed by atoms with Gasteiger partial charge >= 0.3 is 0 Å². The first kappa shape index (κ1) is 13.1. The average molecular weight is 254 g/mol. The van der Waals surface area contributed by atoms with E-state index in [-0.39, 0.29) is 12.5 Å². The maximum absolute atomic E-state index is 11.8. The van der Waals surface area contributed by atoms with Crippen LogP contribution in [0.4, 0.5) is 0 Å². The van der Waals surface area contributed by atoms with E-state index in [9.17, 15) is 9.90 Å². The Bertz CT molecular complexity index is 379. The van der Waals surface area contributed by atoms with Crippen LogP contribution >= 0.6 is 0 Å². The summed E-state index contributed by atoms with van der Waals surface area (Å²) >= 11 is 0. The lowest BCUT2D eigenvalue weighted by atomic mass is 10.2. The van der Waals surface area contributed by atoms with Crippen LogP contribution < -0.4 is 5.32 Å². The topological polar surface area (TPSA) is 74.9 Å². The van der Waals surface area contributed by atoms with E-state index in [1.807, 2.05) is 11.9 Å². The molecular formula is C12H18N2O4. The number of carbonyl (C=O) groups is 1. The lowest BCUT2D eigenvalue weighted by Gasteiger charge is -2.29. The van der Waals surface area contributed by atoms with E-state index in [1.54, 1.807) is 12.1 Å². The molecule has 0 aromatic carbocycles. The summed E-state index contributed by atoms with van der Waals surface area (Å²) in [4.78, 5) is 13.9. The van der Waals surface area contributed by atoms with Gasteiger partial charge in [-0.05, 0) is 19.2 Å². The van der Waals surface area contributed by atoms with E-state index in [0.29, 0.717) is 18.9 Å². The number of hydrogen-bond acceptors (Lipinski definition) is 5. The number of furan rings is 1. The van der Waals surface area contributed by atoms with Gasteiger partial charge in [-0.3, -0.25) is 4.79 Å². The molecule has 6 heteroatoms. The van der Waals surface area contributed by atoms with Crippen molar-refractivity contribution in [3.05, 3.63) is 24.2 Å². The Hall–Kier alpha value is -1.37. The SMILES string of the molecule is CN1CCO[C@H](C(=O)NC[C@H](O)c2ccco2)C1. The maximum Gasteiger partial charge on any atom is 0.250 e. The number of amides is 1. The van der Waals surface area contributed by atoms with Crippen LogP contribution in [0, 0.1) is 0 Å². The van der Waals surface area contributed by atoms with Crippen LogP contribution in [0.5, 0.6) is 0 Å². The molecule has 6 nitrogen and oxygen atoms in total. The summed E-state index contributed by atoms with van der Waals surface area (Å²) < 4.78 is 10.4. The van der Waals surface area contributed by atoms with Gasteiger partial charge in [0, 0.05) is 13.1 Å². The summed E-state index contributed by atoms with van der Waals surface area (Å²) in [6, 6.07) is 3.36. The molecule has 2 N–H and O–H groups in total. The summed E-state index contributed by atoms with van der Waals surface area (Å²) in [5.41, 5.74) is 0. The molecular weight excluding hydrogens is 236 g/mol. The van der Waals surface area contributed by atoms with Crippen molar-refractivity contribution in [2.24, 2.45) is 0 Å². The molecule has 2 rings (SSSR count). The Kier molecular flexibility index (Phi) is 4.35. The van der Waals surface area contributed by atoms with Gasteiger partial charge in [-0.15, -0.1) is 0 Å². The second kappa shape index (κ2) is 5.99. The number of nitrogens with zero attached hydrogens (tertiary/aromatic N) is 1. The standard InChI is InChI=1S/C12H18N2O4/c1-14-4-6-18-11(8-14)12(16)13-7-9(15)10-3-2-5-17-10/h2-3,5,9,11,15H,4,6-8H2,1H3,(H,13,16)/t9-,11-/m0/s1. The molecule has 1 aromatic rings. The fraction of sp³-hybridized carbons (Fsp3) is 0.583. The van der Waals surface area contributed by atoms with Gasteiger partial charge in [0.25, 0.3) is 5.91 Å². The van der Waals surface area contributed by atoms with Crippen LogP contribution in [0.15, 0.2) is 22.8 Å². The summed E-state index contributed by atoms with van der Waals surface area (Å²) in [6.07, 6.45) is 0.192. The molecule has 2 atom stereocenters. The monoisotopic (exact) mass is 254 g/mol. The third-order valence-electron chi connectivity index (χ3n) is 2.90. The third kappa shape index (κ3) is 3.32. The van der Waals surface area contributed by atoms with Crippen LogP contribution in [-0.2, 0) is 9.53 Å². The lowest BCUT2D eigenvalue weighted by molar-refractivity contribution is -0.138. The van der Waals surface area contributed by atoms with E-state index in [1.165, 1.54) is 6.26 Å². The largest absolute Gasteiger partial charge is 0.467 e. The summed E-state index contributed by atoms with van der Waals surface area (Å²) in [7, 11) is 1.94. The van der Waals surface area contributed by atoms with Crippen LogP contribution in [0.25, 0.3) is 0 Å². The number of hydrogen-bond donors (Lipinski definition) is 2. The molecule has 1 fully saturated rings. The number of morpholine rings is 1. The fourth-order valence-electron chi connectivity index (χ4n) is 1.83. The molecule has 0 bridgehead atoms. The first-order valence-corrected chi connectivity index (χ1v) is 5.96. The van der Waals surface area contributed by atoms with E-state index < -0.39 is 12.2 Å². The van der Waals surface area contributed by atoms with Crippen molar-refractivity contribution >= 4 is 5.91 Å². The van der Waals surface area contributed by atoms with Gasteiger partial charge in [-0.2, -0.15) is 0 Å². The average Bonchev–Trinajstić information content (AvgIpc) is 2.89. The van der Waals surface area contributed by atoms with Crippen LogP contribution in [0.1, 0.15) is 11.9 Å². The zero-order valence-electron chi connectivity index (χ0n) is 10.3. The molecule has 0 saturated carbocycles. The van der Waals surface area contributed by atoms with Gasteiger partial charge in [0.15, 0.2) is 0 Å². The quantitative estimate of drug-likeness (QED) is 0.775. The first-order valence-electron chi connectivity index (χ1n) is 5.96. The highest BCUT2D eigenvalue weighted by Crippen LogP contribution is 2.12. The molecule has 0 unspecified atom stereocenters. The van der Waals surface area contributed by atoms with Gasteiger partial charge in [0.05, 0.1) is 19.4 Å². The molecule has 1 amide bonds. The highest BCUT2D eigenvalue weighted by molar-refractivity contribution is 5.81. The summed E-state index contributed by atoms with van der Waals surface area (Å²) in [6.45, 7) is 2.08. The Balaban J connectivity index is 1.77. The van der Waals surface area contributed by atoms with Crippen LogP contribution in [-0.4, -0.2) is 55.3 Å². The summed E-state index contributed by atoms with van der Waals surface area (Å²) in [5, 5.41) is 12.4. The maximum atomic E-state index is 11.8. The van der Waals surface area contributed by atoms with Crippen molar-refractivity contribution in [3.8, 4) is 0 Å². The van der Waals surface area contributed by atoms with E-state index in [0.717, 1.165) is 6.54 Å². The number of likely N-dealkylation sites (N-methyl/N-ethyl adjacent to an activating group) is 1. The predicted octanol–water partition coefficient (Wildman–Crippen LogP) is -0.240.